The number of carbonyl (C=O) groups excluding carboxylic acids is 1. The van der Waals surface area contributed by atoms with Gasteiger partial charge >= 0.3 is 6.18 Å². The first-order valence-electron chi connectivity index (χ1n) is 8.12. The predicted molar refractivity (Wildman–Crippen MR) is 106 cm³/mol. The zero-order valence-corrected chi connectivity index (χ0v) is 18.2. The monoisotopic (exact) mass is 518 g/mol. The molecule has 3 aromatic rings. The fourth-order valence-electron chi connectivity index (χ4n) is 2.51. The van der Waals surface area contributed by atoms with Gasteiger partial charge in [-0.3, -0.25) is 4.79 Å². The minimum absolute atomic E-state index is 0.0909. The van der Waals surface area contributed by atoms with Crippen LogP contribution in [0.15, 0.2) is 39.3 Å². The molecule has 0 aliphatic heterocycles. The highest BCUT2D eigenvalue weighted by Gasteiger charge is 2.36. The summed E-state index contributed by atoms with van der Waals surface area (Å²) in [5.41, 5.74) is -1.23. The van der Waals surface area contributed by atoms with E-state index in [-0.39, 0.29) is 21.5 Å². The van der Waals surface area contributed by atoms with Crippen LogP contribution in [0.2, 0.25) is 0 Å². The first-order valence-corrected chi connectivity index (χ1v) is 9.70. The first kappa shape index (κ1) is 20.8. The minimum Gasteiger partial charge on any atom is -0.346 e. The Morgan fingerprint density at radius 2 is 1.71 bits per heavy atom. The van der Waals surface area contributed by atoms with Gasteiger partial charge in [0, 0.05) is 15.6 Å². The number of aromatic nitrogens is 3. The zero-order chi connectivity index (χ0) is 20.9. The van der Waals surface area contributed by atoms with Gasteiger partial charge in [-0.2, -0.15) is 18.3 Å². The van der Waals surface area contributed by atoms with E-state index in [1.165, 1.54) is 0 Å². The normalized spacial score (nSPS) is 12.4. The maximum absolute atomic E-state index is 13.7. The molecule has 0 bridgehead atoms. The summed E-state index contributed by atoms with van der Waals surface area (Å²) in [5.74, 6) is -0.594. The third kappa shape index (κ3) is 4.22. The van der Waals surface area contributed by atoms with Gasteiger partial charge in [-0.1, -0.05) is 28.1 Å². The lowest BCUT2D eigenvalue weighted by Crippen LogP contribution is -2.40. The molecule has 0 saturated carbocycles. The minimum atomic E-state index is -4.69. The van der Waals surface area contributed by atoms with E-state index in [2.05, 4.69) is 47.3 Å². The lowest BCUT2D eigenvalue weighted by atomic mass is 10.1. The molecule has 1 N–H and O–H groups in total. The molecule has 0 spiro atoms. The van der Waals surface area contributed by atoms with Crippen LogP contribution in [-0.4, -0.2) is 26.0 Å². The van der Waals surface area contributed by atoms with Crippen LogP contribution >= 0.6 is 31.9 Å². The summed E-state index contributed by atoms with van der Waals surface area (Å²) in [4.78, 5) is 16.8. The first-order chi connectivity index (χ1) is 12.9. The lowest BCUT2D eigenvalue weighted by molar-refractivity contribution is -0.142. The van der Waals surface area contributed by atoms with Crippen LogP contribution < -0.4 is 5.32 Å². The van der Waals surface area contributed by atoms with Crippen LogP contribution in [0, 0.1) is 0 Å². The van der Waals surface area contributed by atoms with Crippen molar-refractivity contribution in [3.8, 4) is 11.3 Å². The quantitative estimate of drug-likeness (QED) is 0.488. The van der Waals surface area contributed by atoms with Crippen molar-refractivity contribution in [2.45, 2.75) is 32.5 Å². The Labute approximate surface area is 175 Å². The van der Waals surface area contributed by atoms with Gasteiger partial charge in [0.25, 0.3) is 5.91 Å². The maximum Gasteiger partial charge on any atom is 0.433 e. The predicted octanol–water partition coefficient (Wildman–Crippen LogP) is 5.47. The molecule has 2 heterocycles. The molecule has 0 radical (unpaired) electrons. The molecule has 0 unspecified atom stereocenters. The average molecular weight is 520 g/mol. The molecule has 2 aromatic heterocycles. The molecule has 0 saturated heterocycles. The van der Waals surface area contributed by atoms with Gasteiger partial charge in [-0.15, -0.1) is 0 Å². The van der Waals surface area contributed by atoms with E-state index in [0.717, 1.165) is 10.5 Å². The van der Waals surface area contributed by atoms with Crippen LogP contribution in [0.25, 0.3) is 16.9 Å². The third-order valence-electron chi connectivity index (χ3n) is 3.67. The van der Waals surface area contributed by atoms with E-state index >= 15 is 0 Å². The van der Waals surface area contributed by atoms with Crippen molar-refractivity contribution in [3.05, 3.63) is 50.7 Å². The molecule has 1 amide bonds. The van der Waals surface area contributed by atoms with Crippen LogP contribution in [0.5, 0.6) is 0 Å². The molecule has 1 aromatic carbocycles. The second kappa shape index (κ2) is 7.14. The number of amides is 1. The standard InChI is InChI=1S/C18H15Br2F3N4O/c1-17(2,3)25-16(28)14-13(20)15-24-11(9-4-6-10(19)7-5-9)8-12(18(21,22)23)27(15)26-14/h4-8H,1-3H3,(H,25,28). The number of benzene rings is 1. The highest BCUT2D eigenvalue weighted by atomic mass is 79.9. The van der Waals surface area contributed by atoms with Crippen molar-refractivity contribution in [2.24, 2.45) is 0 Å². The number of nitrogens with zero attached hydrogens (tertiary/aromatic N) is 3. The second-order valence-corrected chi connectivity index (χ2v) is 8.84. The smallest absolute Gasteiger partial charge is 0.346 e. The summed E-state index contributed by atoms with van der Waals surface area (Å²) in [6.07, 6.45) is -4.69. The number of nitrogens with one attached hydrogen (secondary N) is 1. The number of halogens is 5. The number of rotatable bonds is 2. The van der Waals surface area contributed by atoms with Crippen molar-refractivity contribution in [2.75, 3.05) is 0 Å². The van der Waals surface area contributed by atoms with Gasteiger partial charge in [0.05, 0.1) is 10.2 Å². The Morgan fingerprint density at radius 3 is 2.25 bits per heavy atom. The molecule has 148 valence electrons. The Hall–Kier alpha value is -1.94. The topological polar surface area (TPSA) is 59.3 Å². The SMILES string of the molecule is CC(C)(C)NC(=O)c1nn2c(C(F)(F)F)cc(-c3ccc(Br)cc3)nc2c1Br. The van der Waals surface area contributed by atoms with E-state index in [1.54, 1.807) is 45.0 Å². The zero-order valence-electron chi connectivity index (χ0n) is 15.0. The van der Waals surface area contributed by atoms with E-state index in [9.17, 15) is 18.0 Å². The molecule has 3 rings (SSSR count). The van der Waals surface area contributed by atoms with E-state index in [4.69, 9.17) is 0 Å². The Bertz CT molecular complexity index is 1050. The number of carbonyl (C=O) groups is 1. The number of fused-ring (bicyclic) bond motifs is 1. The summed E-state index contributed by atoms with van der Waals surface area (Å²) in [6, 6.07) is 7.65. The number of hydrogen-bond donors (Lipinski definition) is 1. The highest BCUT2D eigenvalue weighted by molar-refractivity contribution is 9.11. The van der Waals surface area contributed by atoms with Crippen molar-refractivity contribution in [3.63, 3.8) is 0 Å². The molecule has 5 nitrogen and oxygen atoms in total. The van der Waals surface area contributed by atoms with Crippen molar-refractivity contribution in [1.29, 1.82) is 0 Å². The third-order valence-corrected chi connectivity index (χ3v) is 4.93. The molecule has 10 heteroatoms. The maximum atomic E-state index is 13.7. The van der Waals surface area contributed by atoms with Gasteiger partial charge in [0.15, 0.2) is 17.0 Å². The summed E-state index contributed by atoms with van der Waals surface area (Å²) in [7, 11) is 0. The van der Waals surface area contributed by atoms with Crippen molar-refractivity contribution in [1.82, 2.24) is 19.9 Å². The van der Waals surface area contributed by atoms with Crippen molar-refractivity contribution >= 4 is 43.4 Å². The van der Waals surface area contributed by atoms with Gasteiger partial charge < -0.3 is 5.32 Å². The van der Waals surface area contributed by atoms with Gasteiger partial charge in [0.1, 0.15) is 0 Å². The van der Waals surface area contributed by atoms with Gasteiger partial charge in [-0.25, -0.2) is 9.50 Å². The van der Waals surface area contributed by atoms with Crippen LogP contribution in [-0.2, 0) is 6.18 Å². The molecule has 0 fully saturated rings. The summed E-state index contributed by atoms with van der Waals surface area (Å²) >= 11 is 6.49. The number of hydrogen-bond acceptors (Lipinski definition) is 3. The molecule has 0 aliphatic rings. The molecular weight excluding hydrogens is 505 g/mol. The van der Waals surface area contributed by atoms with E-state index in [0.29, 0.717) is 10.1 Å². The Morgan fingerprint density at radius 1 is 1.11 bits per heavy atom. The van der Waals surface area contributed by atoms with Gasteiger partial charge in [0.2, 0.25) is 0 Å². The lowest BCUT2D eigenvalue weighted by Gasteiger charge is -2.19. The summed E-state index contributed by atoms with van der Waals surface area (Å²) in [6.45, 7) is 5.29. The van der Waals surface area contributed by atoms with Gasteiger partial charge in [-0.05, 0) is 54.9 Å². The average Bonchev–Trinajstić information content (AvgIpc) is 2.89. The van der Waals surface area contributed by atoms with Crippen LogP contribution in [0.4, 0.5) is 13.2 Å². The van der Waals surface area contributed by atoms with E-state index in [1.807, 2.05) is 0 Å². The summed E-state index contributed by atoms with van der Waals surface area (Å²) in [5, 5.41) is 6.57. The molecular formula is C18H15Br2F3N4O. The van der Waals surface area contributed by atoms with Crippen LogP contribution in [0.3, 0.4) is 0 Å². The van der Waals surface area contributed by atoms with Crippen LogP contribution in [0.1, 0.15) is 37.0 Å². The Kier molecular flexibility index (Phi) is 5.30. The second-order valence-electron chi connectivity index (χ2n) is 7.13. The molecule has 0 aliphatic carbocycles. The molecule has 0 atom stereocenters. The van der Waals surface area contributed by atoms with E-state index < -0.39 is 23.3 Å². The molecule has 28 heavy (non-hydrogen) atoms. The summed E-state index contributed by atoms with van der Waals surface area (Å²) < 4.78 is 42.6. The fourth-order valence-corrected chi connectivity index (χ4v) is 3.29. The van der Waals surface area contributed by atoms with Crippen molar-refractivity contribution < 1.29 is 18.0 Å². The number of alkyl halides is 3. The Balaban J connectivity index is 2.24. The fraction of sp³-hybridized carbons (Fsp3) is 0.278. The largest absolute Gasteiger partial charge is 0.433 e. The highest BCUT2D eigenvalue weighted by Crippen LogP contribution is 2.35.